The standard InChI is InChI=1S/C19H19N5O4/c1-11-8-12(2)24-17(22-11)15(9-21-24)19(27)23-14-6-4-13(5-7-14)18(26)20-10-16(25)28-3/h4-9H,10H2,1-3H3,(H,20,26)(H,23,27). The van der Waals surface area contributed by atoms with Crippen LogP contribution in [0.15, 0.2) is 36.5 Å². The van der Waals surface area contributed by atoms with E-state index in [2.05, 4.69) is 25.5 Å². The molecular formula is C19H19N5O4. The van der Waals surface area contributed by atoms with Crippen molar-refractivity contribution in [3.8, 4) is 0 Å². The lowest BCUT2D eigenvalue weighted by Crippen LogP contribution is -2.30. The minimum atomic E-state index is -0.537. The first-order valence-corrected chi connectivity index (χ1v) is 8.47. The van der Waals surface area contributed by atoms with Gasteiger partial charge in [0, 0.05) is 22.6 Å². The quantitative estimate of drug-likeness (QED) is 0.647. The van der Waals surface area contributed by atoms with Gasteiger partial charge in [0.2, 0.25) is 0 Å². The number of aromatic nitrogens is 3. The molecule has 0 fully saturated rings. The van der Waals surface area contributed by atoms with Crippen LogP contribution in [0.4, 0.5) is 5.69 Å². The maximum Gasteiger partial charge on any atom is 0.325 e. The first-order chi connectivity index (χ1) is 13.4. The summed E-state index contributed by atoms with van der Waals surface area (Å²) in [6, 6.07) is 8.17. The van der Waals surface area contributed by atoms with Gasteiger partial charge in [-0.1, -0.05) is 0 Å². The van der Waals surface area contributed by atoms with Crippen molar-refractivity contribution in [2.24, 2.45) is 0 Å². The largest absolute Gasteiger partial charge is 0.468 e. The molecule has 0 aliphatic heterocycles. The lowest BCUT2D eigenvalue weighted by molar-refractivity contribution is -0.139. The Kier molecular flexibility index (Phi) is 5.35. The van der Waals surface area contributed by atoms with Crippen LogP contribution in [0.25, 0.3) is 5.65 Å². The average molecular weight is 381 g/mol. The fraction of sp³-hybridized carbons (Fsp3) is 0.211. The van der Waals surface area contributed by atoms with E-state index in [0.29, 0.717) is 22.5 Å². The van der Waals surface area contributed by atoms with E-state index in [-0.39, 0.29) is 12.5 Å². The van der Waals surface area contributed by atoms with Gasteiger partial charge in [-0.05, 0) is 44.2 Å². The molecule has 0 saturated carbocycles. The number of fused-ring (bicyclic) bond motifs is 1. The Bertz CT molecular complexity index is 1060. The number of rotatable bonds is 5. The fourth-order valence-electron chi connectivity index (χ4n) is 2.66. The molecule has 28 heavy (non-hydrogen) atoms. The Morgan fingerprint density at radius 3 is 2.50 bits per heavy atom. The predicted molar refractivity (Wildman–Crippen MR) is 101 cm³/mol. The molecular weight excluding hydrogens is 362 g/mol. The van der Waals surface area contributed by atoms with Crippen LogP contribution in [0.2, 0.25) is 0 Å². The number of hydrogen-bond donors (Lipinski definition) is 2. The number of carbonyl (C=O) groups is 3. The number of carbonyl (C=O) groups excluding carboxylic acids is 3. The number of nitrogens with zero attached hydrogens (tertiary/aromatic N) is 3. The van der Waals surface area contributed by atoms with Crippen LogP contribution >= 0.6 is 0 Å². The summed E-state index contributed by atoms with van der Waals surface area (Å²) in [6.07, 6.45) is 1.47. The van der Waals surface area contributed by atoms with Gasteiger partial charge in [0.05, 0.1) is 13.3 Å². The molecule has 2 heterocycles. The van der Waals surface area contributed by atoms with Gasteiger partial charge in [0.1, 0.15) is 12.1 Å². The van der Waals surface area contributed by atoms with Crippen molar-refractivity contribution in [2.45, 2.75) is 13.8 Å². The summed E-state index contributed by atoms with van der Waals surface area (Å²) < 4.78 is 6.07. The molecule has 9 heteroatoms. The summed E-state index contributed by atoms with van der Waals surface area (Å²) in [5, 5.41) is 9.41. The number of hydrogen-bond acceptors (Lipinski definition) is 6. The molecule has 0 atom stereocenters. The van der Waals surface area contributed by atoms with Crippen LogP contribution in [-0.4, -0.2) is 46.0 Å². The van der Waals surface area contributed by atoms with Crippen LogP contribution in [0.3, 0.4) is 0 Å². The first kappa shape index (κ1) is 19.0. The molecule has 1 aromatic carbocycles. The van der Waals surface area contributed by atoms with E-state index in [4.69, 9.17) is 0 Å². The minimum absolute atomic E-state index is 0.214. The molecule has 0 saturated heterocycles. The second-order valence-corrected chi connectivity index (χ2v) is 6.12. The zero-order valence-electron chi connectivity index (χ0n) is 15.6. The number of esters is 1. The van der Waals surface area contributed by atoms with Crippen LogP contribution in [0.5, 0.6) is 0 Å². The van der Waals surface area contributed by atoms with E-state index >= 15 is 0 Å². The first-order valence-electron chi connectivity index (χ1n) is 8.47. The highest BCUT2D eigenvalue weighted by Crippen LogP contribution is 2.15. The molecule has 2 aromatic heterocycles. The van der Waals surface area contributed by atoms with Gasteiger partial charge in [-0.25, -0.2) is 9.50 Å². The number of benzene rings is 1. The lowest BCUT2D eigenvalue weighted by atomic mass is 10.2. The summed E-state index contributed by atoms with van der Waals surface area (Å²) >= 11 is 0. The van der Waals surface area contributed by atoms with E-state index in [1.54, 1.807) is 28.8 Å². The molecule has 3 rings (SSSR count). The van der Waals surface area contributed by atoms with Crippen LogP contribution in [0, 0.1) is 13.8 Å². The van der Waals surface area contributed by atoms with E-state index in [1.165, 1.54) is 13.3 Å². The lowest BCUT2D eigenvalue weighted by Gasteiger charge is -2.07. The molecule has 0 radical (unpaired) electrons. The maximum atomic E-state index is 12.6. The van der Waals surface area contributed by atoms with E-state index in [0.717, 1.165) is 11.4 Å². The summed E-state index contributed by atoms with van der Waals surface area (Å²) in [6.45, 7) is 3.53. The number of methoxy groups -OCH3 is 1. The minimum Gasteiger partial charge on any atom is -0.468 e. The molecule has 0 unspecified atom stereocenters. The third-order valence-electron chi connectivity index (χ3n) is 4.05. The molecule has 2 N–H and O–H groups in total. The predicted octanol–water partition coefficient (Wildman–Crippen LogP) is 1.50. The summed E-state index contributed by atoms with van der Waals surface area (Å²) in [5.41, 5.74) is 3.37. The van der Waals surface area contributed by atoms with E-state index < -0.39 is 11.9 Å². The highest BCUT2D eigenvalue weighted by Gasteiger charge is 2.16. The molecule has 9 nitrogen and oxygen atoms in total. The summed E-state index contributed by atoms with van der Waals surface area (Å²) in [7, 11) is 1.24. The second-order valence-electron chi connectivity index (χ2n) is 6.12. The smallest absolute Gasteiger partial charge is 0.325 e. The van der Waals surface area contributed by atoms with Crippen molar-refractivity contribution in [1.29, 1.82) is 0 Å². The molecule has 3 aromatic rings. The molecule has 2 amide bonds. The zero-order chi connectivity index (χ0) is 20.3. The topological polar surface area (TPSA) is 115 Å². The summed E-state index contributed by atoms with van der Waals surface area (Å²) in [4.78, 5) is 40.0. The van der Waals surface area contributed by atoms with Crippen LogP contribution < -0.4 is 10.6 Å². The number of nitrogens with one attached hydrogen (secondary N) is 2. The van der Waals surface area contributed by atoms with Crippen molar-refractivity contribution in [2.75, 3.05) is 19.0 Å². The van der Waals surface area contributed by atoms with Crippen LogP contribution in [-0.2, 0) is 9.53 Å². The third kappa shape index (κ3) is 3.98. The average Bonchev–Trinajstić information content (AvgIpc) is 3.10. The van der Waals surface area contributed by atoms with Gasteiger partial charge in [-0.2, -0.15) is 5.10 Å². The Labute approximate surface area is 160 Å². The monoisotopic (exact) mass is 381 g/mol. The third-order valence-corrected chi connectivity index (χ3v) is 4.05. The van der Waals surface area contributed by atoms with Gasteiger partial charge in [0.25, 0.3) is 11.8 Å². The van der Waals surface area contributed by atoms with Gasteiger partial charge in [-0.15, -0.1) is 0 Å². The SMILES string of the molecule is COC(=O)CNC(=O)c1ccc(NC(=O)c2cnn3c(C)cc(C)nc23)cc1. The normalized spacial score (nSPS) is 10.5. The Balaban J connectivity index is 1.71. The van der Waals surface area contributed by atoms with E-state index in [9.17, 15) is 14.4 Å². The van der Waals surface area contributed by atoms with Crippen molar-refractivity contribution in [1.82, 2.24) is 19.9 Å². The van der Waals surface area contributed by atoms with Crippen molar-refractivity contribution in [3.05, 3.63) is 59.0 Å². The maximum absolute atomic E-state index is 12.6. The molecule has 0 aliphatic carbocycles. The number of amides is 2. The molecule has 0 aliphatic rings. The second kappa shape index (κ2) is 7.87. The zero-order valence-corrected chi connectivity index (χ0v) is 15.6. The van der Waals surface area contributed by atoms with Gasteiger partial charge < -0.3 is 15.4 Å². The Morgan fingerprint density at radius 1 is 1.11 bits per heavy atom. The van der Waals surface area contributed by atoms with Crippen molar-refractivity contribution in [3.63, 3.8) is 0 Å². The molecule has 0 bridgehead atoms. The van der Waals surface area contributed by atoms with Gasteiger partial charge in [-0.3, -0.25) is 14.4 Å². The molecule has 0 spiro atoms. The van der Waals surface area contributed by atoms with Crippen molar-refractivity contribution >= 4 is 29.1 Å². The van der Waals surface area contributed by atoms with Crippen LogP contribution in [0.1, 0.15) is 32.1 Å². The highest BCUT2D eigenvalue weighted by atomic mass is 16.5. The summed E-state index contributed by atoms with van der Waals surface area (Å²) in [5.74, 6) is -1.30. The number of aryl methyl sites for hydroxylation is 2. The number of anilines is 1. The van der Waals surface area contributed by atoms with E-state index in [1.807, 2.05) is 19.9 Å². The van der Waals surface area contributed by atoms with Gasteiger partial charge in [0.15, 0.2) is 5.65 Å². The molecule has 144 valence electrons. The van der Waals surface area contributed by atoms with Gasteiger partial charge >= 0.3 is 5.97 Å². The number of ether oxygens (including phenoxy) is 1. The fourth-order valence-corrected chi connectivity index (χ4v) is 2.66. The highest BCUT2D eigenvalue weighted by molar-refractivity contribution is 6.08. The Morgan fingerprint density at radius 2 is 1.82 bits per heavy atom. The van der Waals surface area contributed by atoms with Crippen molar-refractivity contribution < 1.29 is 19.1 Å². The Hall–Kier alpha value is -3.75.